The number of benzene rings is 4. The van der Waals surface area contributed by atoms with Crippen molar-refractivity contribution in [1.29, 1.82) is 0 Å². The molecule has 0 saturated carbocycles. The third kappa shape index (κ3) is 13.1. The Kier molecular flexibility index (Phi) is 15.1. The van der Waals surface area contributed by atoms with Gasteiger partial charge in [0.1, 0.15) is 18.3 Å². The van der Waals surface area contributed by atoms with E-state index in [1.54, 1.807) is 6.92 Å². The molecule has 1 unspecified atom stereocenters. The molecule has 0 heterocycles. The topological polar surface area (TPSA) is 75.6 Å². The van der Waals surface area contributed by atoms with Crippen molar-refractivity contribution in [2.75, 3.05) is 26.4 Å². The Hall–Kier alpha value is -3.40. The predicted octanol–water partition coefficient (Wildman–Crippen LogP) is 6.33. The summed E-state index contributed by atoms with van der Waals surface area (Å²) in [6.07, 6.45) is -2.85. The molecule has 0 aliphatic rings. The Labute approximate surface area is 261 Å². The van der Waals surface area contributed by atoms with Gasteiger partial charge >= 0.3 is 0 Å². The second-order valence-electron chi connectivity index (χ2n) is 10.6. The van der Waals surface area contributed by atoms with Gasteiger partial charge in [-0.05, 0) is 29.2 Å². The van der Waals surface area contributed by atoms with Gasteiger partial charge in [0.2, 0.25) is 0 Å². The minimum atomic E-state index is -0.952. The van der Waals surface area contributed by atoms with E-state index in [4.69, 9.17) is 28.4 Å². The van der Waals surface area contributed by atoms with E-state index in [1.165, 1.54) is 0 Å². The Morgan fingerprint density at radius 2 is 0.682 bits per heavy atom. The van der Waals surface area contributed by atoms with Crippen molar-refractivity contribution in [1.82, 2.24) is 0 Å². The predicted molar refractivity (Wildman–Crippen MR) is 170 cm³/mol. The van der Waals surface area contributed by atoms with E-state index in [0.717, 1.165) is 22.3 Å². The Morgan fingerprint density at radius 3 is 0.909 bits per heavy atom. The first kappa shape index (κ1) is 33.5. The summed E-state index contributed by atoms with van der Waals surface area (Å²) in [5.74, 6) is 0. The first-order valence-corrected chi connectivity index (χ1v) is 15.1. The van der Waals surface area contributed by atoms with Crippen molar-refractivity contribution in [3.8, 4) is 0 Å². The van der Waals surface area contributed by atoms with E-state index < -0.39 is 24.6 Å². The molecule has 0 saturated heterocycles. The fourth-order valence-corrected chi connectivity index (χ4v) is 4.42. The largest absolute Gasteiger partial charge is 0.388 e. The van der Waals surface area contributed by atoms with Crippen LogP contribution in [0.4, 0.5) is 0 Å². The van der Waals surface area contributed by atoms with Gasteiger partial charge in [-0.3, -0.25) is 0 Å². The summed E-state index contributed by atoms with van der Waals surface area (Å²) in [6, 6.07) is 39.8. The van der Waals surface area contributed by atoms with Crippen LogP contribution < -0.4 is 0 Å². The zero-order valence-corrected chi connectivity index (χ0v) is 25.4. The maximum atomic E-state index is 10.7. The van der Waals surface area contributed by atoms with Crippen LogP contribution in [0.2, 0.25) is 0 Å². The molecule has 0 aromatic heterocycles. The Balaban J connectivity index is 1.37. The standard InChI is InChI=1S/C37H44O7/c1-30(38)37(43-35(26-39-22-31-14-6-2-7-15-31)27-40-23-32-16-8-3-9-17-32)44-36(28-41-24-33-18-10-4-11-19-33)29-42-25-34-20-12-5-13-21-34/h2-21,30,35-38H,22-29H2,1H3. The smallest absolute Gasteiger partial charge is 0.184 e. The van der Waals surface area contributed by atoms with Gasteiger partial charge < -0.3 is 33.5 Å². The van der Waals surface area contributed by atoms with E-state index in [-0.39, 0.29) is 26.4 Å². The average molecular weight is 601 g/mol. The third-order valence-corrected chi connectivity index (χ3v) is 6.71. The van der Waals surface area contributed by atoms with Crippen LogP contribution in [-0.2, 0) is 54.8 Å². The van der Waals surface area contributed by atoms with E-state index in [0.29, 0.717) is 26.4 Å². The molecular weight excluding hydrogens is 556 g/mol. The van der Waals surface area contributed by atoms with Crippen LogP contribution in [-0.4, -0.2) is 56.1 Å². The molecule has 1 atom stereocenters. The van der Waals surface area contributed by atoms with Crippen molar-refractivity contribution in [3.63, 3.8) is 0 Å². The molecule has 4 rings (SSSR count). The third-order valence-electron chi connectivity index (χ3n) is 6.71. The van der Waals surface area contributed by atoms with Gasteiger partial charge in [0.25, 0.3) is 0 Å². The molecule has 0 spiro atoms. The molecule has 1 N–H and O–H groups in total. The van der Waals surface area contributed by atoms with Crippen molar-refractivity contribution in [2.45, 2.75) is 58.0 Å². The molecule has 4 aromatic carbocycles. The van der Waals surface area contributed by atoms with E-state index in [9.17, 15) is 5.11 Å². The summed E-state index contributed by atoms with van der Waals surface area (Å²) in [5.41, 5.74) is 4.24. The second kappa shape index (κ2) is 19.8. The molecule has 0 aliphatic carbocycles. The highest BCUT2D eigenvalue weighted by molar-refractivity contribution is 5.15. The van der Waals surface area contributed by atoms with Crippen LogP contribution in [0.3, 0.4) is 0 Å². The summed E-state index contributed by atoms with van der Waals surface area (Å²) < 4.78 is 36.7. The molecule has 7 heteroatoms. The highest BCUT2D eigenvalue weighted by atomic mass is 16.7. The minimum absolute atomic E-state index is 0.260. The summed E-state index contributed by atoms with van der Waals surface area (Å²) in [4.78, 5) is 0. The molecular formula is C37H44O7. The summed E-state index contributed by atoms with van der Waals surface area (Å²) in [5, 5.41) is 10.7. The fraction of sp³-hybridized carbons (Fsp3) is 0.351. The van der Waals surface area contributed by atoms with Gasteiger partial charge in [-0.1, -0.05) is 121 Å². The zero-order chi connectivity index (χ0) is 30.7. The Morgan fingerprint density at radius 1 is 0.432 bits per heavy atom. The minimum Gasteiger partial charge on any atom is -0.388 e. The van der Waals surface area contributed by atoms with E-state index in [1.807, 2.05) is 121 Å². The van der Waals surface area contributed by atoms with Gasteiger partial charge in [0, 0.05) is 0 Å². The van der Waals surface area contributed by atoms with Gasteiger partial charge in [0.05, 0.1) is 52.9 Å². The lowest BCUT2D eigenvalue weighted by atomic mass is 10.2. The van der Waals surface area contributed by atoms with Crippen LogP contribution >= 0.6 is 0 Å². The fourth-order valence-electron chi connectivity index (χ4n) is 4.42. The Bertz CT molecular complexity index is 1070. The number of hydrogen-bond acceptors (Lipinski definition) is 7. The van der Waals surface area contributed by atoms with Crippen LogP contribution in [0.1, 0.15) is 29.2 Å². The molecule has 234 valence electrons. The molecule has 4 aromatic rings. The SMILES string of the molecule is CC(O)C(OC(COCc1ccccc1)COCc1ccccc1)OC(COCc1ccccc1)COCc1ccccc1. The molecule has 0 amide bonds. The number of rotatable bonds is 21. The quantitative estimate of drug-likeness (QED) is 0.112. The van der Waals surface area contributed by atoms with Crippen LogP contribution in [0.5, 0.6) is 0 Å². The first-order chi connectivity index (χ1) is 21.7. The number of aliphatic hydroxyl groups is 1. The summed E-state index contributed by atoms with van der Waals surface area (Å²) >= 11 is 0. The van der Waals surface area contributed by atoms with E-state index >= 15 is 0 Å². The van der Waals surface area contributed by atoms with E-state index in [2.05, 4.69) is 0 Å². The van der Waals surface area contributed by atoms with Crippen molar-refractivity contribution in [3.05, 3.63) is 144 Å². The highest BCUT2D eigenvalue weighted by Crippen LogP contribution is 2.14. The van der Waals surface area contributed by atoms with Gasteiger partial charge in [0.15, 0.2) is 6.29 Å². The lowest BCUT2D eigenvalue weighted by Crippen LogP contribution is -2.42. The monoisotopic (exact) mass is 600 g/mol. The molecule has 0 aliphatic heterocycles. The van der Waals surface area contributed by atoms with Crippen LogP contribution in [0, 0.1) is 0 Å². The number of aliphatic hydroxyl groups excluding tert-OH is 1. The summed E-state index contributed by atoms with van der Waals surface area (Å²) in [6.45, 7) is 4.42. The highest BCUT2D eigenvalue weighted by Gasteiger charge is 2.26. The lowest BCUT2D eigenvalue weighted by molar-refractivity contribution is -0.257. The number of hydrogen-bond donors (Lipinski definition) is 1. The molecule has 7 nitrogen and oxygen atoms in total. The molecule has 0 bridgehead atoms. The van der Waals surface area contributed by atoms with Crippen molar-refractivity contribution in [2.24, 2.45) is 0 Å². The van der Waals surface area contributed by atoms with Crippen molar-refractivity contribution < 1.29 is 33.5 Å². The molecule has 44 heavy (non-hydrogen) atoms. The maximum Gasteiger partial charge on any atom is 0.184 e. The maximum absolute atomic E-state index is 10.7. The first-order valence-electron chi connectivity index (χ1n) is 15.1. The van der Waals surface area contributed by atoms with Gasteiger partial charge in [-0.15, -0.1) is 0 Å². The van der Waals surface area contributed by atoms with Gasteiger partial charge in [-0.25, -0.2) is 0 Å². The number of ether oxygens (including phenoxy) is 6. The molecule has 0 radical (unpaired) electrons. The van der Waals surface area contributed by atoms with Crippen molar-refractivity contribution >= 4 is 0 Å². The van der Waals surface area contributed by atoms with Gasteiger partial charge in [-0.2, -0.15) is 0 Å². The zero-order valence-electron chi connectivity index (χ0n) is 25.4. The van der Waals surface area contributed by atoms with Crippen LogP contribution in [0.25, 0.3) is 0 Å². The lowest BCUT2D eigenvalue weighted by Gasteiger charge is -2.30. The van der Waals surface area contributed by atoms with Crippen LogP contribution in [0.15, 0.2) is 121 Å². The second-order valence-corrected chi connectivity index (χ2v) is 10.6. The average Bonchev–Trinajstić information content (AvgIpc) is 3.06. The summed E-state index contributed by atoms with van der Waals surface area (Å²) in [7, 11) is 0. The normalized spacial score (nSPS) is 12.3. The molecule has 0 fully saturated rings.